The van der Waals surface area contributed by atoms with Gasteiger partial charge in [0, 0.05) is 18.5 Å². The van der Waals surface area contributed by atoms with Crippen molar-refractivity contribution in [1.82, 2.24) is 5.32 Å². The third kappa shape index (κ3) is 5.57. The predicted octanol–water partition coefficient (Wildman–Crippen LogP) is 4.10. The Labute approximate surface area is 141 Å². The number of rotatable bonds is 10. The lowest BCUT2D eigenvalue weighted by Crippen LogP contribution is -2.24. The first-order valence-electron chi connectivity index (χ1n) is 8.31. The normalized spacial score (nSPS) is 10.5. The minimum Gasteiger partial charge on any atom is -0.481 e. The Balaban J connectivity index is 1.71. The van der Waals surface area contributed by atoms with E-state index in [1.165, 1.54) is 6.26 Å². The molecule has 1 amide bonds. The van der Waals surface area contributed by atoms with Gasteiger partial charge in [0.25, 0.3) is 5.91 Å². The van der Waals surface area contributed by atoms with E-state index in [1.807, 2.05) is 30.3 Å². The third-order valence-electron chi connectivity index (χ3n) is 3.81. The van der Waals surface area contributed by atoms with Crippen molar-refractivity contribution < 1.29 is 19.1 Å². The summed E-state index contributed by atoms with van der Waals surface area (Å²) in [5.74, 6) is -0.609. The molecule has 5 nitrogen and oxygen atoms in total. The largest absolute Gasteiger partial charge is 0.481 e. The van der Waals surface area contributed by atoms with Gasteiger partial charge in [0.05, 0.1) is 6.26 Å². The predicted molar refractivity (Wildman–Crippen MR) is 91.8 cm³/mol. The van der Waals surface area contributed by atoms with Gasteiger partial charge in [-0.1, -0.05) is 49.6 Å². The quantitative estimate of drug-likeness (QED) is 0.643. The van der Waals surface area contributed by atoms with Crippen molar-refractivity contribution in [2.75, 3.05) is 6.54 Å². The molecule has 24 heavy (non-hydrogen) atoms. The Morgan fingerprint density at radius 2 is 1.67 bits per heavy atom. The standard InChI is InChI=1S/C19H23NO4/c21-17(22)11-7-2-1-3-8-13-20-19(23)18-16(12-14-24-18)15-9-5-4-6-10-15/h4-6,9-10,12,14H,1-3,7-8,11,13H2,(H,20,23)(H,21,22). The smallest absolute Gasteiger partial charge is 0.303 e. The maximum atomic E-state index is 12.2. The maximum absolute atomic E-state index is 12.2. The number of furan rings is 1. The van der Waals surface area contributed by atoms with Gasteiger partial charge in [-0.25, -0.2) is 0 Å². The Hall–Kier alpha value is -2.56. The summed E-state index contributed by atoms with van der Waals surface area (Å²) in [4.78, 5) is 22.6. The molecule has 1 heterocycles. The zero-order chi connectivity index (χ0) is 17.2. The first-order chi connectivity index (χ1) is 11.7. The number of carbonyl (C=O) groups is 2. The third-order valence-corrected chi connectivity index (χ3v) is 3.81. The molecular formula is C19H23NO4. The van der Waals surface area contributed by atoms with Crippen LogP contribution in [0.4, 0.5) is 0 Å². The molecule has 0 saturated carbocycles. The molecule has 1 aromatic heterocycles. The zero-order valence-electron chi connectivity index (χ0n) is 13.7. The lowest BCUT2D eigenvalue weighted by atomic mass is 10.1. The summed E-state index contributed by atoms with van der Waals surface area (Å²) in [5, 5.41) is 11.4. The molecule has 0 radical (unpaired) electrons. The number of unbranched alkanes of at least 4 members (excludes halogenated alkanes) is 4. The second kappa shape index (κ2) is 9.55. The van der Waals surface area contributed by atoms with Crippen molar-refractivity contribution in [2.45, 2.75) is 38.5 Å². The average Bonchev–Trinajstić information content (AvgIpc) is 3.07. The molecule has 128 valence electrons. The second-order valence-corrected chi connectivity index (χ2v) is 5.70. The van der Waals surface area contributed by atoms with Crippen LogP contribution >= 0.6 is 0 Å². The van der Waals surface area contributed by atoms with Gasteiger partial charge >= 0.3 is 5.97 Å². The van der Waals surface area contributed by atoms with Crippen LogP contribution in [0.2, 0.25) is 0 Å². The van der Waals surface area contributed by atoms with Crippen LogP contribution in [0.1, 0.15) is 49.1 Å². The second-order valence-electron chi connectivity index (χ2n) is 5.70. The molecule has 1 aromatic carbocycles. The van der Waals surface area contributed by atoms with Gasteiger partial charge in [-0.3, -0.25) is 9.59 Å². The number of carboxylic acids is 1. The molecule has 0 fully saturated rings. The lowest BCUT2D eigenvalue weighted by molar-refractivity contribution is -0.137. The Morgan fingerprint density at radius 3 is 2.42 bits per heavy atom. The van der Waals surface area contributed by atoms with Crippen LogP contribution in [0.15, 0.2) is 47.1 Å². The Morgan fingerprint density at radius 1 is 0.958 bits per heavy atom. The van der Waals surface area contributed by atoms with E-state index in [4.69, 9.17) is 9.52 Å². The van der Waals surface area contributed by atoms with Crippen molar-refractivity contribution in [1.29, 1.82) is 0 Å². The van der Waals surface area contributed by atoms with E-state index in [0.29, 0.717) is 18.7 Å². The number of aliphatic carboxylic acids is 1. The van der Waals surface area contributed by atoms with E-state index >= 15 is 0 Å². The van der Waals surface area contributed by atoms with Gasteiger partial charge in [-0.2, -0.15) is 0 Å². The Kier molecular flexibility index (Phi) is 7.08. The first-order valence-corrected chi connectivity index (χ1v) is 8.31. The molecule has 0 atom stereocenters. The highest BCUT2D eigenvalue weighted by molar-refractivity contribution is 5.98. The molecular weight excluding hydrogens is 306 g/mol. The van der Waals surface area contributed by atoms with Crippen molar-refractivity contribution in [3.05, 3.63) is 48.4 Å². The fourth-order valence-corrected chi connectivity index (χ4v) is 2.54. The molecule has 2 N–H and O–H groups in total. The summed E-state index contributed by atoms with van der Waals surface area (Å²) in [6.45, 7) is 0.590. The monoisotopic (exact) mass is 329 g/mol. The molecule has 2 aromatic rings. The van der Waals surface area contributed by atoms with E-state index in [9.17, 15) is 9.59 Å². The van der Waals surface area contributed by atoms with Gasteiger partial charge in [0.15, 0.2) is 5.76 Å². The van der Waals surface area contributed by atoms with Crippen molar-refractivity contribution in [3.8, 4) is 11.1 Å². The number of hydrogen-bond acceptors (Lipinski definition) is 3. The molecule has 0 aliphatic carbocycles. The number of amides is 1. The molecule has 0 aliphatic heterocycles. The number of carbonyl (C=O) groups excluding carboxylic acids is 1. The summed E-state index contributed by atoms with van der Waals surface area (Å²) < 4.78 is 5.35. The summed E-state index contributed by atoms with van der Waals surface area (Å²) in [6.07, 6.45) is 6.23. The van der Waals surface area contributed by atoms with Crippen LogP contribution < -0.4 is 5.32 Å². The lowest BCUT2D eigenvalue weighted by Gasteiger charge is -2.05. The molecule has 0 bridgehead atoms. The highest BCUT2D eigenvalue weighted by Gasteiger charge is 2.15. The van der Waals surface area contributed by atoms with Gasteiger partial charge < -0.3 is 14.8 Å². The highest BCUT2D eigenvalue weighted by atomic mass is 16.4. The number of carboxylic acid groups (broad SMARTS) is 1. The zero-order valence-corrected chi connectivity index (χ0v) is 13.7. The number of hydrogen-bond donors (Lipinski definition) is 2. The van der Waals surface area contributed by atoms with E-state index in [0.717, 1.165) is 36.8 Å². The molecule has 0 spiro atoms. The maximum Gasteiger partial charge on any atom is 0.303 e. The summed E-state index contributed by atoms with van der Waals surface area (Å²) >= 11 is 0. The van der Waals surface area contributed by atoms with Crippen LogP contribution in [-0.2, 0) is 4.79 Å². The van der Waals surface area contributed by atoms with Gasteiger partial charge in [0.2, 0.25) is 0 Å². The average molecular weight is 329 g/mol. The minimum absolute atomic E-state index is 0.204. The molecule has 5 heteroatoms. The van der Waals surface area contributed by atoms with Gasteiger partial charge in [-0.15, -0.1) is 0 Å². The van der Waals surface area contributed by atoms with Crippen molar-refractivity contribution >= 4 is 11.9 Å². The first kappa shape index (κ1) is 17.8. The number of benzene rings is 1. The van der Waals surface area contributed by atoms with E-state index in [2.05, 4.69) is 5.32 Å². The fourth-order valence-electron chi connectivity index (χ4n) is 2.54. The van der Waals surface area contributed by atoms with Crippen molar-refractivity contribution in [2.24, 2.45) is 0 Å². The topological polar surface area (TPSA) is 79.5 Å². The fraction of sp³-hybridized carbons (Fsp3) is 0.368. The van der Waals surface area contributed by atoms with Crippen molar-refractivity contribution in [3.63, 3.8) is 0 Å². The minimum atomic E-state index is -0.741. The SMILES string of the molecule is O=C(O)CCCCCCCNC(=O)c1occc1-c1ccccc1. The molecule has 0 unspecified atom stereocenters. The van der Waals surface area contributed by atoms with Crippen LogP contribution in [0.5, 0.6) is 0 Å². The summed E-state index contributed by atoms with van der Waals surface area (Å²) in [6, 6.07) is 11.5. The van der Waals surface area contributed by atoms with Gasteiger partial charge in [-0.05, 0) is 24.5 Å². The van der Waals surface area contributed by atoms with E-state index in [-0.39, 0.29) is 12.3 Å². The van der Waals surface area contributed by atoms with E-state index in [1.54, 1.807) is 6.07 Å². The van der Waals surface area contributed by atoms with E-state index < -0.39 is 5.97 Å². The Bertz CT molecular complexity index is 648. The summed E-state index contributed by atoms with van der Waals surface area (Å²) in [7, 11) is 0. The van der Waals surface area contributed by atoms with Gasteiger partial charge in [0.1, 0.15) is 0 Å². The summed E-state index contributed by atoms with van der Waals surface area (Å²) in [5.41, 5.74) is 1.75. The number of nitrogens with one attached hydrogen (secondary N) is 1. The molecule has 0 aliphatic rings. The van der Waals surface area contributed by atoms with Crippen LogP contribution in [0.25, 0.3) is 11.1 Å². The van der Waals surface area contributed by atoms with Crippen LogP contribution in [0, 0.1) is 0 Å². The van der Waals surface area contributed by atoms with Crippen LogP contribution in [0.3, 0.4) is 0 Å². The van der Waals surface area contributed by atoms with Crippen LogP contribution in [-0.4, -0.2) is 23.5 Å². The highest BCUT2D eigenvalue weighted by Crippen LogP contribution is 2.24. The molecule has 0 saturated heterocycles. The molecule has 2 rings (SSSR count).